The molecule has 1 N–H and O–H groups in total. The van der Waals surface area contributed by atoms with Crippen molar-refractivity contribution in [1.82, 2.24) is 9.80 Å². The average Bonchev–Trinajstić information content (AvgIpc) is 3.59. The zero-order chi connectivity index (χ0) is 21.5. The molecular weight excluding hydrogens is 414 g/mol. The van der Waals surface area contributed by atoms with Crippen molar-refractivity contribution in [3.05, 3.63) is 53.1 Å². The van der Waals surface area contributed by atoms with Crippen molar-refractivity contribution in [2.24, 2.45) is 16.8 Å². The van der Waals surface area contributed by atoms with Crippen molar-refractivity contribution in [3.63, 3.8) is 0 Å². The number of aliphatic carboxylic acids is 1. The molecule has 2 aromatic rings. The summed E-state index contributed by atoms with van der Waals surface area (Å²) in [6.07, 6.45) is 2.51. The molecule has 0 aromatic heterocycles. The van der Waals surface area contributed by atoms with Gasteiger partial charge in [-0.25, -0.2) is 4.99 Å². The molecule has 0 spiro atoms. The number of ether oxygens (including phenoxy) is 1. The van der Waals surface area contributed by atoms with Crippen molar-refractivity contribution in [3.8, 4) is 11.5 Å². The summed E-state index contributed by atoms with van der Waals surface area (Å²) in [5.41, 5.74) is 1.59. The van der Waals surface area contributed by atoms with Crippen LogP contribution in [-0.2, 0) is 4.79 Å². The fourth-order valence-corrected chi connectivity index (χ4v) is 4.64. The van der Waals surface area contributed by atoms with Gasteiger partial charge in [0.1, 0.15) is 17.3 Å². The lowest BCUT2D eigenvalue weighted by Gasteiger charge is -2.44. The number of fused-ring (bicyclic) bond motifs is 2. The molecule has 5 rings (SSSR count). The highest BCUT2D eigenvalue weighted by Gasteiger charge is 2.38. The fourth-order valence-electron chi connectivity index (χ4n) is 4.48. The molecule has 2 heterocycles. The molecule has 2 fully saturated rings. The third-order valence-corrected chi connectivity index (χ3v) is 6.72. The molecule has 0 radical (unpaired) electrons. The number of hydrogen-bond donors (Lipinski definition) is 1. The summed E-state index contributed by atoms with van der Waals surface area (Å²) in [5, 5.41) is 10.4. The Bertz CT molecular complexity index is 1040. The molecule has 2 aromatic carbocycles. The first-order valence-corrected chi connectivity index (χ1v) is 11.2. The van der Waals surface area contributed by atoms with Crippen LogP contribution in [-0.4, -0.2) is 58.9 Å². The van der Waals surface area contributed by atoms with E-state index < -0.39 is 11.9 Å². The van der Waals surface area contributed by atoms with Crippen LogP contribution in [0.2, 0.25) is 5.02 Å². The molecule has 6 nitrogen and oxygen atoms in total. The number of hydrogen-bond acceptors (Lipinski definition) is 5. The van der Waals surface area contributed by atoms with E-state index in [1.165, 1.54) is 12.8 Å². The molecule has 2 atom stereocenters. The summed E-state index contributed by atoms with van der Waals surface area (Å²) >= 11 is 6.24. The van der Waals surface area contributed by atoms with Crippen LogP contribution in [0.5, 0.6) is 11.5 Å². The quantitative estimate of drug-likeness (QED) is 0.751. The van der Waals surface area contributed by atoms with E-state index in [2.05, 4.69) is 9.80 Å². The number of piperazine rings is 1. The number of rotatable bonds is 4. The van der Waals surface area contributed by atoms with Gasteiger partial charge >= 0.3 is 5.97 Å². The topological polar surface area (TPSA) is 65.4 Å². The van der Waals surface area contributed by atoms with Crippen LogP contribution in [0, 0.1) is 11.8 Å². The Morgan fingerprint density at radius 3 is 2.81 bits per heavy atom. The Hall–Kier alpha value is -2.57. The Morgan fingerprint density at radius 2 is 2.03 bits per heavy atom. The molecule has 3 aliphatic rings. The third-order valence-electron chi connectivity index (χ3n) is 6.48. The smallest absolute Gasteiger partial charge is 0.307 e. The van der Waals surface area contributed by atoms with E-state index in [1.807, 2.05) is 43.3 Å². The number of aliphatic imine (C=N–C) groups is 1. The molecular formula is C24H26ClN3O3. The van der Waals surface area contributed by atoms with Gasteiger partial charge in [0.15, 0.2) is 5.75 Å². The number of para-hydroxylation sites is 1. The van der Waals surface area contributed by atoms with Crippen molar-refractivity contribution in [2.45, 2.75) is 25.8 Å². The van der Waals surface area contributed by atoms with E-state index in [9.17, 15) is 9.90 Å². The van der Waals surface area contributed by atoms with Crippen LogP contribution in [0.3, 0.4) is 0 Å². The normalized spacial score (nSPS) is 21.9. The molecule has 0 amide bonds. The summed E-state index contributed by atoms with van der Waals surface area (Å²) in [4.78, 5) is 21.4. The van der Waals surface area contributed by atoms with Gasteiger partial charge in [-0.15, -0.1) is 0 Å². The lowest BCUT2D eigenvalue weighted by Crippen LogP contribution is -2.58. The summed E-state index contributed by atoms with van der Waals surface area (Å²) in [7, 11) is 0. The van der Waals surface area contributed by atoms with Crippen LogP contribution in [0.15, 0.2) is 47.5 Å². The molecule has 0 bridgehead atoms. The molecule has 1 saturated carbocycles. The Kier molecular flexibility index (Phi) is 5.36. The van der Waals surface area contributed by atoms with Crippen LogP contribution in [0.25, 0.3) is 0 Å². The zero-order valence-electron chi connectivity index (χ0n) is 17.5. The van der Waals surface area contributed by atoms with Gasteiger partial charge in [0, 0.05) is 37.2 Å². The minimum Gasteiger partial charge on any atom is -0.481 e. The minimum atomic E-state index is -0.753. The highest BCUT2D eigenvalue weighted by molar-refractivity contribution is 6.31. The maximum atomic E-state index is 11.9. The van der Waals surface area contributed by atoms with Crippen molar-refractivity contribution < 1.29 is 14.6 Å². The highest BCUT2D eigenvalue weighted by Crippen LogP contribution is 2.40. The van der Waals surface area contributed by atoms with Gasteiger partial charge in [-0.3, -0.25) is 9.69 Å². The second-order valence-corrected chi connectivity index (χ2v) is 9.16. The second kappa shape index (κ2) is 8.17. The molecule has 7 heteroatoms. The van der Waals surface area contributed by atoms with Crippen LogP contribution in [0.1, 0.15) is 25.3 Å². The van der Waals surface area contributed by atoms with E-state index in [-0.39, 0.29) is 6.04 Å². The van der Waals surface area contributed by atoms with Gasteiger partial charge in [-0.1, -0.05) is 30.7 Å². The van der Waals surface area contributed by atoms with Crippen LogP contribution in [0.4, 0.5) is 5.69 Å². The maximum absolute atomic E-state index is 11.9. The van der Waals surface area contributed by atoms with Gasteiger partial charge in [-0.2, -0.15) is 0 Å². The van der Waals surface area contributed by atoms with Gasteiger partial charge in [-0.05, 0) is 49.1 Å². The predicted molar refractivity (Wildman–Crippen MR) is 121 cm³/mol. The molecule has 31 heavy (non-hydrogen) atoms. The number of nitrogens with zero attached hydrogens (tertiary/aromatic N) is 3. The molecule has 2 aliphatic heterocycles. The summed E-state index contributed by atoms with van der Waals surface area (Å²) in [6.45, 7) is 5.03. The van der Waals surface area contributed by atoms with E-state index in [0.717, 1.165) is 36.8 Å². The van der Waals surface area contributed by atoms with Crippen LogP contribution >= 0.6 is 11.6 Å². The number of carboxylic acid groups (broad SMARTS) is 1. The lowest BCUT2D eigenvalue weighted by atomic mass is 9.96. The number of carbonyl (C=O) groups is 1. The second-order valence-electron chi connectivity index (χ2n) is 8.72. The molecule has 1 aliphatic carbocycles. The van der Waals surface area contributed by atoms with Gasteiger partial charge < -0.3 is 14.7 Å². The third kappa shape index (κ3) is 4.14. The number of halogens is 1. The Balaban J connectivity index is 1.52. The van der Waals surface area contributed by atoms with E-state index >= 15 is 0 Å². The number of carboxylic acids is 1. The highest BCUT2D eigenvalue weighted by atomic mass is 35.5. The van der Waals surface area contributed by atoms with Gasteiger partial charge in [0.25, 0.3) is 0 Å². The summed E-state index contributed by atoms with van der Waals surface area (Å²) < 4.78 is 6.17. The van der Waals surface area contributed by atoms with Gasteiger partial charge in [0.05, 0.1) is 11.5 Å². The fraction of sp³-hybridized carbons (Fsp3) is 0.417. The predicted octanol–water partition coefficient (Wildman–Crippen LogP) is 4.64. The average molecular weight is 440 g/mol. The molecule has 162 valence electrons. The van der Waals surface area contributed by atoms with Crippen molar-refractivity contribution >= 4 is 29.1 Å². The maximum Gasteiger partial charge on any atom is 0.307 e. The van der Waals surface area contributed by atoms with E-state index in [1.54, 1.807) is 6.07 Å². The summed E-state index contributed by atoms with van der Waals surface area (Å²) in [6, 6.07) is 13.2. The monoisotopic (exact) mass is 439 g/mol. The SMILES string of the molecule is CC(C(=O)O)C1CN(C2=Nc3cc(Cl)ccc3Oc3ccccc32)CCN1CC1CC1. The summed E-state index contributed by atoms with van der Waals surface area (Å²) in [5.74, 6) is 1.72. The standard InChI is InChI=1S/C24H26ClN3O3/c1-15(24(29)30)20-14-28(11-10-27(20)13-16-6-7-16)23-18-4-2-3-5-21(18)31-22-9-8-17(25)12-19(22)26-23/h2-5,8-9,12,15-16,20H,6-7,10-11,13-14H2,1H3,(H,29,30). The largest absolute Gasteiger partial charge is 0.481 e. The molecule has 2 unspecified atom stereocenters. The Labute approximate surface area is 187 Å². The first kappa shape index (κ1) is 20.3. The first-order valence-electron chi connectivity index (χ1n) is 10.9. The molecule has 1 saturated heterocycles. The minimum absolute atomic E-state index is 0.0651. The lowest BCUT2D eigenvalue weighted by molar-refractivity contribution is -0.144. The first-order chi connectivity index (χ1) is 15.0. The number of amidine groups is 1. The van der Waals surface area contributed by atoms with Crippen molar-refractivity contribution in [1.29, 1.82) is 0 Å². The Morgan fingerprint density at radius 1 is 1.23 bits per heavy atom. The number of benzene rings is 2. The van der Waals surface area contributed by atoms with Crippen LogP contribution < -0.4 is 4.74 Å². The zero-order valence-corrected chi connectivity index (χ0v) is 18.3. The van der Waals surface area contributed by atoms with Crippen molar-refractivity contribution in [2.75, 3.05) is 26.2 Å². The van der Waals surface area contributed by atoms with E-state index in [4.69, 9.17) is 21.3 Å². The van der Waals surface area contributed by atoms with E-state index in [0.29, 0.717) is 28.9 Å². The van der Waals surface area contributed by atoms with Gasteiger partial charge in [0.2, 0.25) is 0 Å².